The van der Waals surface area contributed by atoms with Crippen molar-refractivity contribution in [3.05, 3.63) is 45.7 Å². The van der Waals surface area contributed by atoms with E-state index in [4.69, 9.17) is 4.74 Å². The first kappa shape index (κ1) is 18.0. The Hall–Kier alpha value is -1.79. The van der Waals surface area contributed by atoms with E-state index >= 15 is 0 Å². The van der Waals surface area contributed by atoms with Crippen LogP contribution in [0.5, 0.6) is 0 Å². The van der Waals surface area contributed by atoms with Crippen LogP contribution in [-0.4, -0.2) is 46.6 Å². The molecule has 6 heteroatoms. The van der Waals surface area contributed by atoms with E-state index in [2.05, 4.69) is 23.8 Å². The fourth-order valence-electron chi connectivity index (χ4n) is 3.08. The second-order valence-electron chi connectivity index (χ2n) is 6.75. The lowest BCUT2D eigenvalue weighted by Gasteiger charge is -2.35. The molecule has 0 aromatic carbocycles. The van der Waals surface area contributed by atoms with E-state index in [1.807, 2.05) is 23.3 Å². The highest BCUT2D eigenvalue weighted by Crippen LogP contribution is 2.25. The van der Waals surface area contributed by atoms with Crippen molar-refractivity contribution in [2.24, 2.45) is 0 Å². The van der Waals surface area contributed by atoms with Gasteiger partial charge in [0.15, 0.2) is 0 Å². The predicted molar refractivity (Wildman–Crippen MR) is 99.1 cm³/mol. The van der Waals surface area contributed by atoms with Gasteiger partial charge in [0.2, 0.25) is 0 Å². The summed E-state index contributed by atoms with van der Waals surface area (Å²) in [4.78, 5) is 24.9. The maximum atomic E-state index is 13.0. The topological polar surface area (TPSA) is 55.3 Å². The fourth-order valence-corrected chi connectivity index (χ4v) is 3.98. The van der Waals surface area contributed by atoms with E-state index in [9.17, 15) is 4.79 Å². The van der Waals surface area contributed by atoms with Gasteiger partial charge in [-0.15, -0.1) is 11.3 Å². The van der Waals surface area contributed by atoms with Gasteiger partial charge in [0, 0.05) is 29.2 Å². The average molecular weight is 359 g/mol. The largest absolute Gasteiger partial charge is 0.377 e. The van der Waals surface area contributed by atoms with Crippen molar-refractivity contribution in [1.82, 2.24) is 14.9 Å². The number of nitrogens with zero attached hydrogens (tertiary/aromatic N) is 3. The van der Waals surface area contributed by atoms with Crippen LogP contribution in [0.25, 0.3) is 0 Å². The van der Waals surface area contributed by atoms with E-state index in [0.29, 0.717) is 25.7 Å². The first-order valence-electron chi connectivity index (χ1n) is 8.80. The molecular weight excluding hydrogens is 334 g/mol. The van der Waals surface area contributed by atoms with Gasteiger partial charge < -0.3 is 9.64 Å². The summed E-state index contributed by atoms with van der Waals surface area (Å²) < 4.78 is 5.63. The molecule has 3 heterocycles. The van der Waals surface area contributed by atoms with Crippen LogP contribution in [0.4, 0.5) is 0 Å². The molecule has 25 heavy (non-hydrogen) atoms. The Bertz CT molecular complexity index is 729. The summed E-state index contributed by atoms with van der Waals surface area (Å²) in [6.45, 7) is 8.12. The summed E-state index contributed by atoms with van der Waals surface area (Å²) in [6.07, 6.45) is 5.08. The molecule has 1 saturated heterocycles. The maximum Gasteiger partial charge on any atom is 0.255 e. The van der Waals surface area contributed by atoms with Crippen LogP contribution in [0, 0.1) is 6.92 Å². The number of aromatic nitrogens is 2. The second kappa shape index (κ2) is 8.06. The fraction of sp³-hybridized carbons (Fsp3) is 0.526. The molecule has 1 aliphatic heterocycles. The smallest absolute Gasteiger partial charge is 0.255 e. The lowest BCUT2D eigenvalue weighted by molar-refractivity contribution is -0.00411. The van der Waals surface area contributed by atoms with Crippen molar-refractivity contribution in [2.45, 2.75) is 45.6 Å². The number of ether oxygens (including phenoxy) is 1. The molecule has 1 aliphatic rings. The number of carbonyl (C=O) groups excluding carboxylic acids is 1. The Balaban J connectivity index is 1.69. The Morgan fingerprint density at radius 3 is 2.92 bits per heavy atom. The first-order chi connectivity index (χ1) is 12.1. The average Bonchev–Trinajstić information content (AvgIpc) is 3.11. The number of hydrogen-bond acceptors (Lipinski definition) is 5. The zero-order valence-corrected chi connectivity index (χ0v) is 15.9. The second-order valence-corrected chi connectivity index (χ2v) is 7.69. The number of morpholine rings is 1. The minimum Gasteiger partial charge on any atom is -0.377 e. The monoisotopic (exact) mass is 359 g/mol. The zero-order chi connectivity index (χ0) is 17.8. The molecule has 0 radical (unpaired) electrons. The molecule has 0 aliphatic carbocycles. The molecule has 5 nitrogen and oxygen atoms in total. The third-order valence-corrected chi connectivity index (χ3v) is 5.85. The lowest BCUT2D eigenvalue weighted by atomic mass is 10.0. The van der Waals surface area contributed by atoms with Crippen molar-refractivity contribution >= 4 is 17.2 Å². The lowest BCUT2D eigenvalue weighted by Crippen LogP contribution is -2.48. The SMILES string of the molecule is Cc1nccnc1CCC1COCCN1C(=O)c1csc(C(C)C)c1. The Labute approximate surface area is 153 Å². The standard InChI is InChI=1S/C19H25N3O2S/c1-13(2)18-10-15(12-25-18)19(23)22-8-9-24-11-16(22)4-5-17-14(3)20-6-7-21-17/h6-7,10,12-13,16H,4-5,8-9,11H2,1-3H3. The van der Waals surface area contributed by atoms with Crippen LogP contribution >= 0.6 is 11.3 Å². The molecule has 1 unspecified atom stereocenters. The van der Waals surface area contributed by atoms with Crippen LogP contribution in [0.3, 0.4) is 0 Å². The summed E-state index contributed by atoms with van der Waals surface area (Å²) in [5.41, 5.74) is 2.76. The molecule has 0 bridgehead atoms. The van der Waals surface area contributed by atoms with Gasteiger partial charge >= 0.3 is 0 Å². The molecule has 1 amide bonds. The summed E-state index contributed by atoms with van der Waals surface area (Å²) in [6, 6.07) is 2.13. The molecule has 2 aromatic rings. The van der Waals surface area contributed by atoms with Gasteiger partial charge in [-0.2, -0.15) is 0 Å². The van der Waals surface area contributed by atoms with Crippen LogP contribution in [0.15, 0.2) is 23.8 Å². The van der Waals surface area contributed by atoms with Crippen molar-refractivity contribution in [3.63, 3.8) is 0 Å². The highest BCUT2D eigenvalue weighted by Gasteiger charge is 2.28. The molecule has 134 valence electrons. The van der Waals surface area contributed by atoms with Gasteiger partial charge in [-0.1, -0.05) is 13.8 Å². The highest BCUT2D eigenvalue weighted by atomic mass is 32.1. The number of amides is 1. The first-order valence-corrected chi connectivity index (χ1v) is 9.68. The normalized spacial score (nSPS) is 17.9. The third-order valence-electron chi connectivity index (χ3n) is 4.62. The minimum atomic E-state index is 0.0880. The molecule has 3 rings (SSSR count). The van der Waals surface area contributed by atoms with Gasteiger partial charge in [0.05, 0.1) is 36.2 Å². The van der Waals surface area contributed by atoms with Crippen LogP contribution in [-0.2, 0) is 11.2 Å². The molecule has 0 saturated carbocycles. The van der Waals surface area contributed by atoms with Crippen molar-refractivity contribution in [2.75, 3.05) is 19.8 Å². The maximum absolute atomic E-state index is 13.0. The number of thiophene rings is 1. The van der Waals surface area contributed by atoms with Crippen molar-refractivity contribution in [1.29, 1.82) is 0 Å². The molecule has 1 fully saturated rings. The van der Waals surface area contributed by atoms with Gasteiger partial charge in [0.1, 0.15) is 0 Å². The van der Waals surface area contributed by atoms with Gasteiger partial charge in [-0.3, -0.25) is 14.8 Å². The Morgan fingerprint density at radius 2 is 2.20 bits per heavy atom. The minimum absolute atomic E-state index is 0.0880. The van der Waals surface area contributed by atoms with E-state index in [1.54, 1.807) is 23.7 Å². The van der Waals surface area contributed by atoms with E-state index < -0.39 is 0 Å². The molecule has 0 N–H and O–H groups in total. The molecule has 1 atom stereocenters. The van der Waals surface area contributed by atoms with E-state index in [0.717, 1.165) is 29.8 Å². The van der Waals surface area contributed by atoms with Gasteiger partial charge in [-0.25, -0.2) is 0 Å². The Kier molecular flexibility index (Phi) is 5.81. The van der Waals surface area contributed by atoms with Gasteiger partial charge in [-0.05, 0) is 31.7 Å². The summed E-state index contributed by atoms with van der Waals surface area (Å²) >= 11 is 1.67. The Morgan fingerprint density at radius 1 is 1.40 bits per heavy atom. The number of carbonyl (C=O) groups is 1. The molecule has 2 aromatic heterocycles. The predicted octanol–water partition coefficient (Wildman–Crippen LogP) is 3.44. The van der Waals surface area contributed by atoms with Crippen LogP contribution < -0.4 is 0 Å². The summed E-state index contributed by atoms with van der Waals surface area (Å²) in [7, 11) is 0. The van der Waals surface area contributed by atoms with Crippen molar-refractivity contribution in [3.8, 4) is 0 Å². The number of hydrogen-bond donors (Lipinski definition) is 0. The summed E-state index contributed by atoms with van der Waals surface area (Å²) in [5.74, 6) is 0.569. The molecule has 0 spiro atoms. The summed E-state index contributed by atoms with van der Waals surface area (Å²) in [5, 5.41) is 1.98. The van der Waals surface area contributed by atoms with E-state index in [1.165, 1.54) is 4.88 Å². The quantitative estimate of drug-likeness (QED) is 0.820. The van der Waals surface area contributed by atoms with Crippen molar-refractivity contribution < 1.29 is 9.53 Å². The van der Waals surface area contributed by atoms with Gasteiger partial charge in [0.25, 0.3) is 5.91 Å². The molecular formula is C19H25N3O2S. The number of rotatable bonds is 5. The zero-order valence-electron chi connectivity index (χ0n) is 15.1. The van der Waals surface area contributed by atoms with E-state index in [-0.39, 0.29) is 11.9 Å². The third kappa shape index (κ3) is 4.25. The highest BCUT2D eigenvalue weighted by molar-refractivity contribution is 7.10. The number of aryl methyl sites for hydroxylation is 2. The van der Waals surface area contributed by atoms with Crippen LogP contribution in [0.1, 0.15) is 52.8 Å². The van der Waals surface area contributed by atoms with Crippen LogP contribution in [0.2, 0.25) is 0 Å².